The third kappa shape index (κ3) is 1.83. The summed E-state index contributed by atoms with van der Waals surface area (Å²) in [5.41, 5.74) is 3.62. The average molecular weight is 242 g/mol. The Morgan fingerprint density at radius 3 is 2.35 bits per heavy atom. The number of Topliss-reactive ketones (excluding diaryl/α,β-unsaturated/α-hetero) is 1. The van der Waals surface area contributed by atoms with Crippen molar-refractivity contribution in [2.24, 2.45) is 5.92 Å². The van der Waals surface area contributed by atoms with Gasteiger partial charge in [0, 0.05) is 16.4 Å². The Morgan fingerprint density at radius 2 is 1.82 bits per heavy atom. The molecule has 17 heavy (non-hydrogen) atoms. The van der Waals surface area contributed by atoms with E-state index in [1.54, 1.807) is 11.3 Å². The van der Waals surface area contributed by atoms with Crippen molar-refractivity contribution in [3.05, 3.63) is 57.3 Å². The molecule has 1 aliphatic rings. The number of thiophene rings is 1. The molecule has 0 atom stereocenters. The maximum absolute atomic E-state index is 12.4. The summed E-state index contributed by atoms with van der Waals surface area (Å²) >= 11 is 1.65. The Balaban J connectivity index is 1.86. The molecule has 0 radical (unpaired) electrons. The predicted octanol–water partition coefficient (Wildman–Crippen LogP) is 3.65. The molecule has 2 aromatic rings. The summed E-state index contributed by atoms with van der Waals surface area (Å²) in [6, 6.07) is 10.4. The second-order valence-corrected chi connectivity index (χ2v) is 5.75. The van der Waals surface area contributed by atoms with E-state index in [2.05, 4.69) is 24.3 Å². The molecule has 1 aromatic heterocycles. The summed E-state index contributed by atoms with van der Waals surface area (Å²) in [5, 5.41) is 2.00. The fraction of sp³-hybridized carbons (Fsp3) is 0.267. The lowest BCUT2D eigenvalue weighted by Gasteiger charge is -2.07. The van der Waals surface area contributed by atoms with E-state index in [4.69, 9.17) is 0 Å². The summed E-state index contributed by atoms with van der Waals surface area (Å²) in [6.07, 6.45) is 1.81. The SMILES string of the molecule is Cc1sccc1C(=O)C1Cc2ccccc2C1. The molecule has 1 aliphatic carbocycles. The molecule has 0 spiro atoms. The minimum Gasteiger partial charge on any atom is -0.294 e. The Hall–Kier alpha value is -1.41. The van der Waals surface area contributed by atoms with Gasteiger partial charge < -0.3 is 0 Å². The molecule has 0 fully saturated rings. The molecular formula is C15H14OS. The molecule has 2 heteroatoms. The van der Waals surface area contributed by atoms with Gasteiger partial charge in [-0.05, 0) is 42.3 Å². The summed E-state index contributed by atoms with van der Waals surface area (Å²) < 4.78 is 0. The first-order valence-electron chi connectivity index (χ1n) is 5.91. The Morgan fingerprint density at radius 1 is 1.18 bits per heavy atom. The standard InChI is InChI=1S/C15H14OS/c1-10-14(6-7-17-10)15(16)13-8-11-4-2-3-5-12(11)9-13/h2-7,13H,8-9H2,1H3. The van der Waals surface area contributed by atoms with Gasteiger partial charge in [0.1, 0.15) is 0 Å². The van der Waals surface area contributed by atoms with E-state index in [1.807, 2.05) is 18.4 Å². The van der Waals surface area contributed by atoms with Crippen LogP contribution in [0.1, 0.15) is 26.4 Å². The molecule has 1 aromatic carbocycles. The van der Waals surface area contributed by atoms with Crippen LogP contribution in [-0.2, 0) is 12.8 Å². The summed E-state index contributed by atoms with van der Waals surface area (Å²) in [5.74, 6) is 0.473. The van der Waals surface area contributed by atoms with Gasteiger partial charge in [-0.15, -0.1) is 11.3 Å². The summed E-state index contributed by atoms with van der Waals surface area (Å²) in [4.78, 5) is 13.5. The molecule has 0 saturated heterocycles. The van der Waals surface area contributed by atoms with Crippen molar-refractivity contribution >= 4 is 17.1 Å². The first-order chi connectivity index (χ1) is 8.25. The zero-order valence-electron chi connectivity index (χ0n) is 9.77. The summed E-state index contributed by atoms with van der Waals surface area (Å²) in [6.45, 7) is 2.03. The first kappa shape index (κ1) is 10.7. The Kier molecular flexibility index (Phi) is 2.60. The van der Waals surface area contributed by atoms with Crippen LogP contribution in [0.3, 0.4) is 0 Å². The van der Waals surface area contributed by atoms with Crippen LogP contribution < -0.4 is 0 Å². The van der Waals surface area contributed by atoms with Gasteiger partial charge in [0.2, 0.25) is 0 Å². The van der Waals surface area contributed by atoms with Gasteiger partial charge >= 0.3 is 0 Å². The lowest BCUT2D eigenvalue weighted by molar-refractivity contribution is 0.0924. The smallest absolute Gasteiger partial charge is 0.167 e. The van der Waals surface area contributed by atoms with Crippen LogP contribution in [0, 0.1) is 12.8 Å². The monoisotopic (exact) mass is 242 g/mol. The van der Waals surface area contributed by atoms with Gasteiger partial charge in [-0.2, -0.15) is 0 Å². The predicted molar refractivity (Wildman–Crippen MR) is 70.7 cm³/mol. The number of benzene rings is 1. The van der Waals surface area contributed by atoms with Crippen molar-refractivity contribution in [2.75, 3.05) is 0 Å². The minimum absolute atomic E-state index is 0.153. The van der Waals surface area contributed by atoms with Crippen molar-refractivity contribution in [3.63, 3.8) is 0 Å². The fourth-order valence-electron chi connectivity index (χ4n) is 2.60. The number of carbonyl (C=O) groups excluding carboxylic acids is 1. The highest BCUT2D eigenvalue weighted by molar-refractivity contribution is 7.10. The lowest BCUT2D eigenvalue weighted by atomic mass is 9.95. The zero-order chi connectivity index (χ0) is 11.8. The number of carbonyl (C=O) groups is 1. The van der Waals surface area contributed by atoms with Gasteiger partial charge in [0.05, 0.1) is 0 Å². The normalized spacial score (nSPS) is 14.9. The maximum atomic E-state index is 12.4. The molecular weight excluding hydrogens is 228 g/mol. The molecule has 1 heterocycles. The van der Waals surface area contributed by atoms with Crippen LogP contribution in [0.5, 0.6) is 0 Å². The first-order valence-corrected chi connectivity index (χ1v) is 6.79. The maximum Gasteiger partial charge on any atom is 0.167 e. The van der Waals surface area contributed by atoms with Crippen LogP contribution >= 0.6 is 11.3 Å². The Bertz CT molecular complexity index is 543. The molecule has 0 aliphatic heterocycles. The molecule has 0 saturated carbocycles. The van der Waals surface area contributed by atoms with E-state index in [0.717, 1.165) is 23.3 Å². The van der Waals surface area contributed by atoms with E-state index in [0.29, 0.717) is 5.78 Å². The number of fused-ring (bicyclic) bond motifs is 1. The van der Waals surface area contributed by atoms with E-state index in [9.17, 15) is 4.79 Å². The van der Waals surface area contributed by atoms with E-state index in [-0.39, 0.29) is 5.92 Å². The highest BCUT2D eigenvalue weighted by atomic mass is 32.1. The van der Waals surface area contributed by atoms with E-state index < -0.39 is 0 Å². The van der Waals surface area contributed by atoms with E-state index in [1.165, 1.54) is 11.1 Å². The lowest BCUT2D eigenvalue weighted by Crippen LogP contribution is -2.15. The van der Waals surface area contributed by atoms with Crippen molar-refractivity contribution in [2.45, 2.75) is 19.8 Å². The highest BCUT2D eigenvalue weighted by Gasteiger charge is 2.28. The average Bonchev–Trinajstić information content (AvgIpc) is 2.93. The van der Waals surface area contributed by atoms with Crippen LogP contribution in [0.2, 0.25) is 0 Å². The number of aryl methyl sites for hydroxylation is 1. The third-order valence-electron chi connectivity index (χ3n) is 3.55. The topological polar surface area (TPSA) is 17.1 Å². The third-order valence-corrected chi connectivity index (χ3v) is 4.39. The van der Waals surface area contributed by atoms with Gasteiger partial charge in [-0.25, -0.2) is 0 Å². The van der Waals surface area contributed by atoms with Gasteiger partial charge in [-0.1, -0.05) is 24.3 Å². The van der Waals surface area contributed by atoms with Crippen molar-refractivity contribution in [3.8, 4) is 0 Å². The second-order valence-electron chi connectivity index (χ2n) is 4.63. The van der Waals surface area contributed by atoms with Crippen LogP contribution in [0.4, 0.5) is 0 Å². The van der Waals surface area contributed by atoms with Crippen LogP contribution in [-0.4, -0.2) is 5.78 Å². The molecule has 0 amide bonds. The van der Waals surface area contributed by atoms with Crippen LogP contribution in [0.15, 0.2) is 35.7 Å². The number of rotatable bonds is 2. The fourth-order valence-corrected chi connectivity index (χ4v) is 3.31. The largest absolute Gasteiger partial charge is 0.294 e. The second kappa shape index (κ2) is 4.11. The number of hydrogen-bond donors (Lipinski definition) is 0. The molecule has 0 unspecified atom stereocenters. The molecule has 0 N–H and O–H groups in total. The summed E-state index contributed by atoms with van der Waals surface area (Å²) in [7, 11) is 0. The van der Waals surface area contributed by atoms with Crippen molar-refractivity contribution in [1.29, 1.82) is 0 Å². The zero-order valence-corrected chi connectivity index (χ0v) is 10.6. The van der Waals surface area contributed by atoms with Gasteiger partial charge in [0.15, 0.2) is 5.78 Å². The van der Waals surface area contributed by atoms with Crippen LogP contribution in [0.25, 0.3) is 0 Å². The van der Waals surface area contributed by atoms with Crippen molar-refractivity contribution < 1.29 is 4.79 Å². The number of hydrogen-bond acceptors (Lipinski definition) is 2. The Labute approximate surface area is 105 Å². The quantitative estimate of drug-likeness (QED) is 0.735. The van der Waals surface area contributed by atoms with Gasteiger partial charge in [0.25, 0.3) is 0 Å². The highest BCUT2D eigenvalue weighted by Crippen LogP contribution is 2.30. The molecule has 86 valence electrons. The van der Waals surface area contributed by atoms with Gasteiger partial charge in [-0.3, -0.25) is 4.79 Å². The molecule has 3 rings (SSSR count). The van der Waals surface area contributed by atoms with Crippen molar-refractivity contribution in [1.82, 2.24) is 0 Å². The van der Waals surface area contributed by atoms with E-state index >= 15 is 0 Å². The minimum atomic E-state index is 0.153. The molecule has 1 nitrogen and oxygen atoms in total. The number of ketones is 1. The molecule has 0 bridgehead atoms.